The van der Waals surface area contributed by atoms with E-state index in [0.29, 0.717) is 15.6 Å². The van der Waals surface area contributed by atoms with E-state index in [-0.39, 0.29) is 17.1 Å². The first-order valence-corrected chi connectivity index (χ1v) is 6.54. The molecular weight excluding hydrogens is 315 g/mol. The first-order valence-electron chi connectivity index (χ1n) is 5.78. The summed E-state index contributed by atoms with van der Waals surface area (Å²) in [6, 6.07) is 8.64. The average Bonchev–Trinajstić information content (AvgIpc) is 2.43. The molecule has 7 heteroatoms. The van der Waals surface area contributed by atoms with E-state index in [2.05, 4.69) is 10.5 Å². The summed E-state index contributed by atoms with van der Waals surface area (Å²) in [5, 5.41) is 23.1. The number of nitrogens with zero attached hydrogens (tertiary/aromatic N) is 1. The lowest BCUT2D eigenvalue weighted by Crippen LogP contribution is -2.17. The molecule has 108 valence electrons. The second-order valence-corrected chi connectivity index (χ2v) is 4.83. The van der Waals surface area contributed by atoms with Crippen LogP contribution in [0.2, 0.25) is 10.0 Å². The van der Waals surface area contributed by atoms with Crippen LogP contribution in [0.1, 0.15) is 15.9 Å². The topological polar surface area (TPSA) is 81.9 Å². The molecule has 1 amide bonds. The number of carbonyl (C=O) groups is 1. The largest absolute Gasteiger partial charge is 0.508 e. The number of nitrogens with one attached hydrogen (secondary N) is 1. The van der Waals surface area contributed by atoms with Crippen LogP contribution < -0.4 is 5.43 Å². The molecule has 0 aliphatic carbocycles. The minimum absolute atomic E-state index is 0.0119. The van der Waals surface area contributed by atoms with Gasteiger partial charge in [-0.05, 0) is 18.2 Å². The molecule has 0 saturated heterocycles. The minimum atomic E-state index is -0.623. The predicted molar refractivity (Wildman–Crippen MR) is 81.3 cm³/mol. The van der Waals surface area contributed by atoms with Gasteiger partial charge in [-0.2, -0.15) is 5.10 Å². The summed E-state index contributed by atoms with van der Waals surface area (Å²) < 4.78 is 0. The second kappa shape index (κ2) is 6.47. The molecule has 2 aromatic carbocycles. The molecule has 0 aromatic heterocycles. The lowest BCUT2D eigenvalue weighted by atomic mass is 10.2. The van der Waals surface area contributed by atoms with Crippen molar-refractivity contribution in [2.75, 3.05) is 0 Å². The van der Waals surface area contributed by atoms with E-state index in [9.17, 15) is 9.90 Å². The highest BCUT2D eigenvalue weighted by Crippen LogP contribution is 2.24. The highest BCUT2D eigenvalue weighted by molar-refractivity contribution is 6.43. The average molecular weight is 325 g/mol. The summed E-state index contributed by atoms with van der Waals surface area (Å²) >= 11 is 11.8. The van der Waals surface area contributed by atoms with Crippen LogP contribution in [0.25, 0.3) is 0 Å². The molecule has 0 saturated carbocycles. The van der Waals surface area contributed by atoms with E-state index >= 15 is 0 Å². The van der Waals surface area contributed by atoms with E-state index in [1.54, 1.807) is 18.2 Å². The van der Waals surface area contributed by atoms with Gasteiger partial charge in [0.15, 0.2) is 0 Å². The van der Waals surface area contributed by atoms with E-state index in [4.69, 9.17) is 28.3 Å². The van der Waals surface area contributed by atoms with Crippen LogP contribution in [-0.2, 0) is 0 Å². The smallest absolute Gasteiger partial charge is 0.275 e. The number of phenols is 2. The van der Waals surface area contributed by atoms with Crippen molar-refractivity contribution in [3.63, 3.8) is 0 Å². The number of phenolic OH excluding ortho intramolecular Hbond substituents is 2. The van der Waals surface area contributed by atoms with Crippen LogP contribution in [0, 0.1) is 0 Å². The standard InChI is InChI=1S/C14H10Cl2N2O3/c15-11-3-1-2-8(13(11)16)7-17-18-14(21)10-5-4-9(19)6-12(10)20/h1-7,19-20H,(H,18,21)/b17-7-. The fraction of sp³-hybridized carbons (Fsp3) is 0. The van der Waals surface area contributed by atoms with Gasteiger partial charge in [-0.15, -0.1) is 0 Å². The van der Waals surface area contributed by atoms with Gasteiger partial charge in [-0.3, -0.25) is 4.79 Å². The van der Waals surface area contributed by atoms with Crippen LogP contribution in [0.3, 0.4) is 0 Å². The van der Waals surface area contributed by atoms with Crippen LogP contribution in [0.4, 0.5) is 0 Å². The van der Waals surface area contributed by atoms with Crippen molar-refractivity contribution < 1.29 is 15.0 Å². The van der Waals surface area contributed by atoms with Crippen molar-refractivity contribution in [2.45, 2.75) is 0 Å². The van der Waals surface area contributed by atoms with Crippen LogP contribution >= 0.6 is 23.2 Å². The molecule has 0 fully saturated rings. The SMILES string of the molecule is O=C(N/N=C\c1cccc(Cl)c1Cl)c1ccc(O)cc1O. The van der Waals surface area contributed by atoms with E-state index in [0.717, 1.165) is 6.07 Å². The number of amides is 1. The van der Waals surface area contributed by atoms with Gasteiger partial charge < -0.3 is 10.2 Å². The van der Waals surface area contributed by atoms with Crippen molar-refractivity contribution in [3.8, 4) is 11.5 Å². The van der Waals surface area contributed by atoms with Gasteiger partial charge in [0.2, 0.25) is 0 Å². The van der Waals surface area contributed by atoms with Crippen molar-refractivity contribution in [1.29, 1.82) is 0 Å². The maximum Gasteiger partial charge on any atom is 0.275 e. The van der Waals surface area contributed by atoms with Crippen molar-refractivity contribution >= 4 is 35.3 Å². The summed E-state index contributed by atoms with van der Waals surface area (Å²) in [7, 11) is 0. The van der Waals surface area contributed by atoms with Gasteiger partial charge in [0, 0.05) is 11.6 Å². The molecule has 0 spiro atoms. The van der Waals surface area contributed by atoms with E-state index in [1.165, 1.54) is 18.3 Å². The monoisotopic (exact) mass is 324 g/mol. The maximum absolute atomic E-state index is 11.8. The number of rotatable bonds is 3. The molecule has 0 aliphatic rings. The normalized spacial score (nSPS) is 10.8. The van der Waals surface area contributed by atoms with Crippen molar-refractivity contribution in [3.05, 3.63) is 57.6 Å². The summed E-state index contributed by atoms with van der Waals surface area (Å²) in [5.74, 6) is -1.11. The fourth-order valence-corrected chi connectivity index (χ4v) is 1.91. The highest BCUT2D eigenvalue weighted by atomic mass is 35.5. The third-order valence-electron chi connectivity index (χ3n) is 2.58. The number of carbonyl (C=O) groups excluding carboxylic acids is 1. The minimum Gasteiger partial charge on any atom is -0.508 e. The third-order valence-corrected chi connectivity index (χ3v) is 3.41. The Morgan fingerprint density at radius 2 is 1.95 bits per heavy atom. The molecule has 2 rings (SSSR count). The number of hydrogen-bond acceptors (Lipinski definition) is 4. The van der Waals surface area contributed by atoms with Gasteiger partial charge in [0.25, 0.3) is 5.91 Å². The summed E-state index contributed by atoms with van der Waals surface area (Å²) in [6.07, 6.45) is 1.34. The molecule has 0 bridgehead atoms. The van der Waals surface area contributed by atoms with Gasteiger partial charge in [-0.25, -0.2) is 5.43 Å². The van der Waals surface area contributed by atoms with Gasteiger partial charge in [0.1, 0.15) is 11.5 Å². The third kappa shape index (κ3) is 3.65. The molecule has 0 heterocycles. The lowest BCUT2D eigenvalue weighted by molar-refractivity contribution is 0.0952. The quantitative estimate of drug-likeness (QED) is 0.599. The maximum atomic E-state index is 11.8. The first-order chi connectivity index (χ1) is 9.99. The Balaban J connectivity index is 2.10. The van der Waals surface area contributed by atoms with Crippen molar-refractivity contribution in [2.24, 2.45) is 5.10 Å². The zero-order chi connectivity index (χ0) is 15.4. The molecular formula is C14H10Cl2N2O3. The van der Waals surface area contributed by atoms with Gasteiger partial charge >= 0.3 is 0 Å². The molecule has 3 N–H and O–H groups in total. The predicted octanol–water partition coefficient (Wildman–Crippen LogP) is 3.17. The Morgan fingerprint density at radius 3 is 2.67 bits per heavy atom. The van der Waals surface area contributed by atoms with E-state index < -0.39 is 5.91 Å². The number of aromatic hydroxyl groups is 2. The summed E-state index contributed by atoms with van der Waals surface area (Å²) in [5.41, 5.74) is 2.77. The van der Waals surface area contributed by atoms with Gasteiger partial charge in [0.05, 0.1) is 21.8 Å². The Hall–Kier alpha value is -2.24. The van der Waals surface area contributed by atoms with Crippen LogP contribution in [-0.4, -0.2) is 22.3 Å². The number of benzene rings is 2. The molecule has 21 heavy (non-hydrogen) atoms. The van der Waals surface area contributed by atoms with Crippen LogP contribution in [0.5, 0.6) is 11.5 Å². The summed E-state index contributed by atoms with van der Waals surface area (Å²) in [6.45, 7) is 0. The molecule has 0 radical (unpaired) electrons. The molecule has 2 aromatic rings. The first kappa shape index (κ1) is 15.2. The van der Waals surface area contributed by atoms with Crippen LogP contribution in [0.15, 0.2) is 41.5 Å². The molecule has 0 unspecified atom stereocenters. The van der Waals surface area contributed by atoms with E-state index in [1.807, 2.05) is 0 Å². The van der Waals surface area contributed by atoms with Gasteiger partial charge in [-0.1, -0.05) is 35.3 Å². The molecule has 5 nitrogen and oxygen atoms in total. The number of hydrogen-bond donors (Lipinski definition) is 3. The zero-order valence-electron chi connectivity index (χ0n) is 10.5. The Labute approximate surface area is 130 Å². The Bertz CT molecular complexity index is 717. The zero-order valence-corrected chi connectivity index (χ0v) is 12.1. The highest BCUT2D eigenvalue weighted by Gasteiger charge is 2.10. The fourth-order valence-electron chi connectivity index (χ4n) is 1.55. The number of hydrazone groups is 1. The summed E-state index contributed by atoms with van der Waals surface area (Å²) in [4.78, 5) is 11.8. The molecule has 0 aliphatic heterocycles. The Kier molecular flexibility index (Phi) is 4.67. The lowest BCUT2D eigenvalue weighted by Gasteiger charge is -2.03. The number of halogens is 2. The second-order valence-electron chi connectivity index (χ2n) is 4.04. The Morgan fingerprint density at radius 1 is 1.19 bits per heavy atom. The van der Waals surface area contributed by atoms with Crippen molar-refractivity contribution in [1.82, 2.24) is 5.43 Å². The molecule has 0 atom stereocenters.